The fourth-order valence-electron chi connectivity index (χ4n) is 4.63. The zero-order chi connectivity index (χ0) is 27.7. The van der Waals surface area contributed by atoms with Crippen LogP contribution in [0.1, 0.15) is 37.0 Å². The Hall–Kier alpha value is -4.19. The number of hydrogen-bond donors (Lipinski definition) is 2. The Kier molecular flexibility index (Phi) is 7.53. The van der Waals surface area contributed by atoms with Crippen molar-refractivity contribution in [3.63, 3.8) is 0 Å². The van der Waals surface area contributed by atoms with Crippen LogP contribution in [0.2, 0.25) is 0 Å². The van der Waals surface area contributed by atoms with Crippen LogP contribution in [-0.4, -0.2) is 56.7 Å². The highest BCUT2D eigenvalue weighted by Gasteiger charge is 2.26. The molecule has 1 aromatic carbocycles. The largest absolute Gasteiger partial charge is 0.351 e. The van der Waals surface area contributed by atoms with Crippen molar-refractivity contribution in [3.8, 4) is 0 Å². The number of allylic oxidation sites excluding steroid dienone is 2. The number of aromatic nitrogens is 4. The molecular weight excluding hydrogens is 488 g/mol. The van der Waals surface area contributed by atoms with Gasteiger partial charge in [0.1, 0.15) is 0 Å². The van der Waals surface area contributed by atoms with E-state index in [1.165, 1.54) is 29.6 Å². The van der Waals surface area contributed by atoms with Crippen LogP contribution < -0.4 is 32.5 Å². The van der Waals surface area contributed by atoms with Crippen LogP contribution in [0.15, 0.2) is 45.5 Å². The quantitative estimate of drug-likeness (QED) is 0.349. The number of piperidine rings is 1. The number of hydrogen-bond acceptors (Lipinski definition) is 7. The number of carbonyl (C=O) groups is 2. The van der Waals surface area contributed by atoms with E-state index >= 15 is 0 Å². The number of anilines is 2. The van der Waals surface area contributed by atoms with Crippen LogP contribution in [0.4, 0.5) is 16.4 Å². The number of urea groups is 1. The Bertz CT molecular complexity index is 1540. The summed E-state index contributed by atoms with van der Waals surface area (Å²) in [5.41, 5.74) is 12.5. The second-order valence-electron chi connectivity index (χ2n) is 9.93. The standard InChI is InChI=1S/C26H34N8O4/c1-16(2)10-12-33-21-22(29-25(33)32-11-6-8-18(27)14-32)31(4)26(38)34(23(21)36)15-20(35)17-7-5-9-19(13-17)30(3)24(28)37/h5,7,9-10,13,18H,6,8,11-12,14-15,27H2,1-4H3,(H2,28,37). The van der Waals surface area contributed by atoms with Crippen molar-refractivity contribution in [1.82, 2.24) is 18.7 Å². The van der Waals surface area contributed by atoms with Crippen molar-refractivity contribution in [1.29, 1.82) is 0 Å². The molecule has 1 fully saturated rings. The van der Waals surface area contributed by atoms with Gasteiger partial charge in [-0.05, 0) is 38.8 Å². The number of aryl methyl sites for hydroxylation is 1. The molecule has 3 heterocycles. The summed E-state index contributed by atoms with van der Waals surface area (Å²) in [7, 11) is 3.03. The molecule has 1 unspecified atom stereocenters. The molecule has 1 aliphatic heterocycles. The summed E-state index contributed by atoms with van der Waals surface area (Å²) < 4.78 is 4.03. The number of rotatable bonds is 7. The molecule has 2 amide bonds. The predicted octanol–water partition coefficient (Wildman–Crippen LogP) is 1.19. The molecular formula is C26H34N8O4. The van der Waals surface area contributed by atoms with Crippen molar-refractivity contribution >= 4 is 34.6 Å². The Morgan fingerprint density at radius 1 is 1.21 bits per heavy atom. The van der Waals surface area contributed by atoms with Crippen LogP contribution in [0.25, 0.3) is 11.2 Å². The lowest BCUT2D eigenvalue weighted by molar-refractivity contribution is 0.0969. The van der Waals surface area contributed by atoms with Gasteiger partial charge in [0.15, 0.2) is 16.9 Å². The molecule has 0 saturated carbocycles. The van der Waals surface area contributed by atoms with Gasteiger partial charge < -0.3 is 20.9 Å². The van der Waals surface area contributed by atoms with E-state index in [1.807, 2.05) is 24.8 Å². The van der Waals surface area contributed by atoms with Crippen LogP contribution in [-0.2, 0) is 20.1 Å². The molecule has 1 aliphatic rings. The Morgan fingerprint density at radius 2 is 1.95 bits per heavy atom. The van der Waals surface area contributed by atoms with E-state index in [0.717, 1.165) is 29.5 Å². The molecule has 12 heteroatoms. The first-order valence-corrected chi connectivity index (χ1v) is 12.5. The number of fused-ring (bicyclic) bond motifs is 1. The highest BCUT2D eigenvalue weighted by molar-refractivity contribution is 5.98. The molecule has 4 N–H and O–H groups in total. The lowest BCUT2D eigenvalue weighted by Crippen LogP contribution is -2.44. The third-order valence-corrected chi connectivity index (χ3v) is 6.82. The van der Waals surface area contributed by atoms with E-state index in [9.17, 15) is 19.2 Å². The van der Waals surface area contributed by atoms with Crippen molar-refractivity contribution in [2.75, 3.05) is 29.9 Å². The maximum absolute atomic E-state index is 13.8. The number of nitrogens with zero attached hydrogens (tertiary/aromatic N) is 6. The predicted molar refractivity (Wildman–Crippen MR) is 147 cm³/mol. The highest BCUT2D eigenvalue weighted by Crippen LogP contribution is 2.23. The van der Waals surface area contributed by atoms with Gasteiger partial charge in [-0.3, -0.25) is 23.6 Å². The van der Waals surface area contributed by atoms with Gasteiger partial charge in [-0.1, -0.05) is 23.8 Å². The molecule has 0 aliphatic carbocycles. The molecule has 4 rings (SSSR count). The van der Waals surface area contributed by atoms with Crippen LogP contribution in [0.5, 0.6) is 0 Å². The average molecular weight is 523 g/mol. The molecule has 1 saturated heterocycles. The van der Waals surface area contributed by atoms with E-state index in [4.69, 9.17) is 16.5 Å². The molecule has 0 radical (unpaired) electrons. The molecule has 0 bridgehead atoms. The topological polar surface area (TPSA) is 154 Å². The van der Waals surface area contributed by atoms with Crippen LogP contribution in [0.3, 0.4) is 0 Å². The Morgan fingerprint density at radius 3 is 2.61 bits per heavy atom. The van der Waals surface area contributed by atoms with Crippen molar-refractivity contribution in [2.45, 2.75) is 45.8 Å². The Balaban J connectivity index is 1.82. The lowest BCUT2D eigenvalue weighted by atomic mass is 10.1. The minimum absolute atomic E-state index is 0.0112. The number of ketones is 1. The zero-order valence-corrected chi connectivity index (χ0v) is 22.2. The van der Waals surface area contributed by atoms with E-state index in [-0.39, 0.29) is 22.8 Å². The number of carbonyl (C=O) groups excluding carboxylic acids is 2. The zero-order valence-electron chi connectivity index (χ0n) is 22.2. The first kappa shape index (κ1) is 26.9. The van der Waals surface area contributed by atoms with Gasteiger partial charge in [0.2, 0.25) is 5.95 Å². The van der Waals surface area contributed by atoms with Crippen LogP contribution >= 0.6 is 0 Å². The maximum Gasteiger partial charge on any atom is 0.332 e. The summed E-state index contributed by atoms with van der Waals surface area (Å²) in [6.45, 7) is 5.17. The monoisotopic (exact) mass is 522 g/mol. The highest BCUT2D eigenvalue weighted by atomic mass is 16.2. The number of primary amides is 1. The van der Waals surface area contributed by atoms with E-state index in [0.29, 0.717) is 24.7 Å². The minimum atomic E-state index is -0.680. The number of imidazole rings is 1. The summed E-state index contributed by atoms with van der Waals surface area (Å²) in [6.07, 6.45) is 3.79. The molecule has 38 heavy (non-hydrogen) atoms. The third-order valence-electron chi connectivity index (χ3n) is 6.82. The SMILES string of the molecule is CC(C)=CCn1c(N2CCCC(N)C2)nc2c1c(=O)n(CC(=O)c1cccc(N(C)C(N)=O)c1)c(=O)n2C. The summed E-state index contributed by atoms with van der Waals surface area (Å²) in [6, 6.07) is 5.61. The summed E-state index contributed by atoms with van der Waals surface area (Å²) in [4.78, 5) is 59.7. The number of nitrogens with two attached hydrogens (primary N) is 2. The lowest BCUT2D eigenvalue weighted by Gasteiger charge is -2.31. The first-order chi connectivity index (χ1) is 18.0. The molecule has 1 atom stereocenters. The van der Waals surface area contributed by atoms with Crippen molar-refractivity contribution in [2.24, 2.45) is 18.5 Å². The molecule has 2 aromatic heterocycles. The van der Waals surface area contributed by atoms with Gasteiger partial charge in [-0.25, -0.2) is 9.59 Å². The van der Waals surface area contributed by atoms with Gasteiger partial charge in [0.05, 0.1) is 6.54 Å². The average Bonchev–Trinajstić information content (AvgIpc) is 3.28. The molecule has 12 nitrogen and oxygen atoms in total. The van der Waals surface area contributed by atoms with Gasteiger partial charge in [-0.2, -0.15) is 4.98 Å². The van der Waals surface area contributed by atoms with Gasteiger partial charge >= 0.3 is 11.7 Å². The number of Topliss-reactive ketones (excluding diaryl/α,β-unsaturated/α-hetero) is 1. The summed E-state index contributed by atoms with van der Waals surface area (Å²) >= 11 is 0. The van der Waals surface area contributed by atoms with Crippen LogP contribution in [0, 0.1) is 0 Å². The number of amides is 2. The Labute approximate surface area is 219 Å². The van der Waals surface area contributed by atoms with E-state index in [1.54, 1.807) is 22.8 Å². The number of benzene rings is 1. The molecule has 0 spiro atoms. The normalized spacial score (nSPS) is 15.5. The summed E-state index contributed by atoms with van der Waals surface area (Å²) in [5, 5.41) is 0. The molecule has 3 aromatic rings. The third kappa shape index (κ3) is 5.12. The van der Waals surface area contributed by atoms with E-state index in [2.05, 4.69) is 0 Å². The fraction of sp³-hybridized carbons (Fsp3) is 0.423. The second kappa shape index (κ2) is 10.7. The van der Waals surface area contributed by atoms with Crippen molar-refractivity contribution in [3.05, 3.63) is 62.3 Å². The van der Waals surface area contributed by atoms with Gasteiger partial charge in [0.25, 0.3) is 5.56 Å². The second-order valence-corrected chi connectivity index (χ2v) is 9.93. The van der Waals surface area contributed by atoms with E-state index < -0.39 is 29.6 Å². The summed E-state index contributed by atoms with van der Waals surface area (Å²) in [5.74, 6) is 0.117. The smallest absolute Gasteiger partial charge is 0.332 e. The fourth-order valence-corrected chi connectivity index (χ4v) is 4.63. The van der Waals surface area contributed by atoms with Gasteiger partial charge in [-0.15, -0.1) is 0 Å². The van der Waals surface area contributed by atoms with Gasteiger partial charge in [0, 0.05) is 51.0 Å². The first-order valence-electron chi connectivity index (χ1n) is 12.5. The minimum Gasteiger partial charge on any atom is -0.351 e. The maximum atomic E-state index is 13.8. The molecule has 202 valence electrons. The van der Waals surface area contributed by atoms with Crippen molar-refractivity contribution < 1.29 is 9.59 Å².